The fraction of sp³-hybridized carbons (Fsp3) is 0.393. The first kappa shape index (κ1) is 28.5. The van der Waals surface area contributed by atoms with E-state index in [1.807, 2.05) is 13.0 Å². The molecular weight excluding hydrogens is 532 g/mol. The Morgan fingerprint density at radius 2 is 1.69 bits per heavy atom. The summed E-state index contributed by atoms with van der Waals surface area (Å²) >= 11 is 1.30. The summed E-state index contributed by atoms with van der Waals surface area (Å²) in [4.78, 5) is 26.2. The fourth-order valence-electron chi connectivity index (χ4n) is 4.49. The predicted molar refractivity (Wildman–Crippen MR) is 152 cm³/mol. The highest BCUT2D eigenvalue weighted by Crippen LogP contribution is 2.31. The average Bonchev–Trinajstić information content (AvgIpc) is 2.87. The van der Waals surface area contributed by atoms with Gasteiger partial charge in [-0.25, -0.2) is 28.1 Å². The third-order valence-electron chi connectivity index (χ3n) is 6.44. The largest absolute Gasteiger partial charge is 0.325 e. The molecule has 0 spiro atoms. The molecule has 4 rings (SSSR count). The number of nitrogens with one attached hydrogen (secondary N) is 2. The molecule has 1 aliphatic rings. The van der Waals surface area contributed by atoms with Crippen LogP contribution in [-0.2, 0) is 27.7 Å². The summed E-state index contributed by atoms with van der Waals surface area (Å²) < 4.78 is 28.0. The zero-order valence-electron chi connectivity index (χ0n) is 22.3. The van der Waals surface area contributed by atoms with E-state index in [0.29, 0.717) is 34.1 Å². The Labute approximate surface area is 233 Å². The van der Waals surface area contributed by atoms with E-state index >= 15 is 0 Å². The van der Waals surface area contributed by atoms with Gasteiger partial charge in [-0.3, -0.25) is 4.79 Å². The van der Waals surface area contributed by atoms with Crippen molar-refractivity contribution in [2.45, 2.75) is 80.9 Å². The summed E-state index contributed by atoms with van der Waals surface area (Å²) in [6, 6.07) is 11.9. The maximum Gasteiger partial charge on any atom is 0.264 e. The minimum absolute atomic E-state index is 0.00592. The SMILES string of the molecule is CCC(Sc1nc2c(cc1C#N)CCCCCC2)C(=O)Nc1ccc(S(=O)(=O)Nc2nc(C)cc(C)n2)cc1. The molecule has 1 amide bonds. The minimum Gasteiger partial charge on any atom is -0.325 e. The van der Waals surface area contributed by atoms with Gasteiger partial charge in [0.2, 0.25) is 11.9 Å². The van der Waals surface area contributed by atoms with E-state index < -0.39 is 15.3 Å². The number of carbonyl (C=O) groups excluding carboxylic acids is 1. The lowest BCUT2D eigenvalue weighted by Gasteiger charge is -2.18. The number of sulfonamides is 1. The summed E-state index contributed by atoms with van der Waals surface area (Å²) in [6.07, 6.45) is 6.90. The van der Waals surface area contributed by atoms with Gasteiger partial charge in [-0.2, -0.15) is 5.26 Å². The van der Waals surface area contributed by atoms with E-state index in [2.05, 4.69) is 26.1 Å². The third-order valence-corrected chi connectivity index (χ3v) is 9.15. The Bertz CT molecular complexity index is 1480. The molecular formula is C28H32N6O3S2. The predicted octanol–water partition coefficient (Wildman–Crippen LogP) is 5.33. The first-order chi connectivity index (χ1) is 18.7. The Morgan fingerprint density at radius 3 is 2.33 bits per heavy atom. The fourth-order valence-corrected chi connectivity index (χ4v) is 6.43. The lowest BCUT2D eigenvalue weighted by atomic mass is 9.96. The molecule has 0 saturated carbocycles. The van der Waals surface area contributed by atoms with Crippen molar-refractivity contribution in [3.8, 4) is 6.07 Å². The second-order valence-corrected chi connectivity index (χ2v) is 12.5. The second kappa shape index (κ2) is 12.6. The molecule has 9 nitrogen and oxygen atoms in total. The van der Waals surface area contributed by atoms with Crippen LogP contribution >= 0.6 is 11.8 Å². The van der Waals surface area contributed by atoms with Gasteiger partial charge in [0.25, 0.3) is 10.0 Å². The number of thioether (sulfide) groups is 1. The van der Waals surface area contributed by atoms with Crippen molar-refractivity contribution in [2.75, 3.05) is 10.0 Å². The smallest absolute Gasteiger partial charge is 0.264 e. The first-order valence-corrected chi connectivity index (χ1v) is 15.4. The van der Waals surface area contributed by atoms with Crippen molar-refractivity contribution in [3.63, 3.8) is 0 Å². The molecule has 3 aromatic rings. The second-order valence-electron chi connectivity index (χ2n) is 9.58. The first-order valence-electron chi connectivity index (χ1n) is 13.0. The summed E-state index contributed by atoms with van der Waals surface area (Å²) in [5.74, 6) is -0.233. The van der Waals surface area contributed by atoms with Crippen LogP contribution in [0.5, 0.6) is 0 Å². The van der Waals surface area contributed by atoms with E-state index in [0.717, 1.165) is 36.9 Å². The minimum atomic E-state index is -3.90. The highest BCUT2D eigenvalue weighted by molar-refractivity contribution is 8.00. The highest BCUT2D eigenvalue weighted by Gasteiger charge is 2.23. The van der Waals surface area contributed by atoms with E-state index in [1.54, 1.807) is 19.9 Å². The molecule has 0 bridgehead atoms. The molecule has 1 atom stereocenters. The van der Waals surface area contributed by atoms with Crippen LogP contribution in [0.15, 0.2) is 46.3 Å². The molecule has 0 saturated heterocycles. The summed E-state index contributed by atoms with van der Waals surface area (Å²) in [6.45, 7) is 5.43. The van der Waals surface area contributed by atoms with Crippen LogP contribution in [-0.4, -0.2) is 34.5 Å². The number of anilines is 2. The number of benzene rings is 1. The van der Waals surface area contributed by atoms with Crippen molar-refractivity contribution in [1.82, 2.24) is 15.0 Å². The van der Waals surface area contributed by atoms with Crippen LogP contribution in [0, 0.1) is 25.2 Å². The molecule has 39 heavy (non-hydrogen) atoms. The molecule has 0 radical (unpaired) electrons. The lowest BCUT2D eigenvalue weighted by Crippen LogP contribution is -2.25. The van der Waals surface area contributed by atoms with Crippen LogP contribution in [0.1, 0.15) is 67.2 Å². The number of pyridine rings is 1. The molecule has 2 N–H and O–H groups in total. The Balaban J connectivity index is 1.45. The van der Waals surface area contributed by atoms with Gasteiger partial charge < -0.3 is 5.32 Å². The molecule has 204 valence electrons. The number of fused-ring (bicyclic) bond motifs is 1. The van der Waals surface area contributed by atoms with Crippen LogP contribution < -0.4 is 10.0 Å². The number of hydrogen-bond acceptors (Lipinski definition) is 8. The van der Waals surface area contributed by atoms with Crippen molar-refractivity contribution in [2.24, 2.45) is 0 Å². The molecule has 1 unspecified atom stereocenters. The molecule has 0 aliphatic heterocycles. The molecule has 0 fully saturated rings. The monoisotopic (exact) mass is 564 g/mol. The standard InChI is InChI=1S/C28H32N6O3S2/c1-4-25(38-27-21(17-29)16-20-9-7-5-6-8-10-24(20)33-27)26(35)32-22-11-13-23(14-12-22)39(36,37)34-28-30-18(2)15-19(3)31-28/h11-16,25H,4-10H2,1-3H3,(H,32,35)(H,30,31,34). The number of nitriles is 1. The Kier molecular flexibility index (Phi) is 9.20. The zero-order chi connectivity index (χ0) is 28.0. The third kappa shape index (κ3) is 7.34. The van der Waals surface area contributed by atoms with Gasteiger partial charge in [-0.15, -0.1) is 0 Å². The number of aromatic nitrogens is 3. The lowest BCUT2D eigenvalue weighted by molar-refractivity contribution is -0.115. The van der Waals surface area contributed by atoms with Crippen LogP contribution in [0.2, 0.25) is 0 Å². The van der Waals surface area contributed by atoms with Gasteiger partial charge in [0.1, 0.15) is 11.1 Å². The van der Waals surface area contributed by atoms with E-state index in [9.17, 15) is 18.5 Å². The maximum absolute atomic E-state index is 13.1. The number of aryl methyl sites for hydroxylation is 4. The van der Waals surface area contributed by atoms with Crippen molar-refractivity contribution in [1.29, 1.82) is 5.26 Å². The number of carbonyl (C=O) groups is 1. The average molecular weight is 565 g/mol. The zero-order valence-corrected chi connectivity index (χ0v) is 24.0. The molecule has 11 heteroatoms. The maximum atomic E-state index is 13.1. The molecule has 1 aromatic carbocycles. The number of rotatable bonds is 8. The topological polar surface area (TPSA) is 138 Å². The number of hydrogen-bond donors (Lipinski definition) is 2. The van der Waals surface area contributed by atoms with Crippen molar-refractivity contribution >= 4 is 39.3 Å². The van der Waals surface area contributed by atoms with E-state index in [4.69, 9.17) is 4.98 Å². The molecule has 1 aliphatic carbocycles. The summed E-state index contributed by atoms with van der Waals surface area (Å²) in [5.41, 5.74) is 4.44. The number of amides is 1. The summed E-state index contributed by atoms with van der Waals surface area (Å²) in [5, 5.41) is 12.7. The number of nitrogens with zero attached hydrogens (tertiary/aromatic N) is 4. The van der Waals surface area contributed by atoms with Gasteiger partial charge in [0.15, 0.2) is 0 Å². The van der Waals surface area contributed by atoms with Crippen molar-refractivity contribution in [3.05, 3.63) is 64.6 Å². The van der Waals surface area contributed by atoms with Gasteiger partial charge in [-0.05, 0) is 87.9 Å². The van der Waals surface area contributed by atoms with Crippen LogP contribution in [0.4, 0.5) is 11.6 Å². The Morgan fingerprint density at radius 1 is 1.03 bits per heavy atom. The van der Waals surface area contributed by atoms with Crippen LogP contribution in [0.3, 0.4) is 0 Å². The van der Waals surface area contributed by atoms with Gasteiger partial charge >= 0.3 is 0 Å². The quantitative estimate of drug-likeness (QED) is 0.350. The van der Waals surface area contributed by atoms with Gasteiger partial charge in [0, 0.05) is 22.8 Å². The van der Waals surface area contributed by atoms with Gasteiger partial charge in [-0.1, -0.05) is 31.5 Å². The Hall–Kier alpha value is -3.49. The van der Waals surface area contributed by atoms with Crippen LogP contribution in [0.25, 0.3) is 0 Å². The normalized spacial score (nSPS) is 14.3. The van der Waals surface area contributed by atoms with Crippen molar-refractivity contribution < 1.29 is 13.2 Å². The van der Waals surface area contributed by atoms with E-state index in [1.165, 1.54) is 48.9 Å². The van der Waals surface area contributed by atoms with Gasteiger partial charge in [0.05, 0.1) is 15.7 Å². The molecule has 2 heterocycles. The van der Waals surface area contributed by atoms with E-state index in [-0.39, 0.29) is 16.8 Å². The molecule has 2 aromatic heterocycles. The summed E-state index contributed by atoms with van der Waals surface area (Å²) in [7, 11) is -3.90. The highest BCUT2D eigenvalue weighted by atomic mass is 32.2.